The molecule has 72 valence electrons. The van der Waals surface area contributed by atoms with E-state index in [0.717, 1.165) is 24.7 Å². The molecule has 1 atom stereocenters. The fraction of sp³-hybridized carbons (Fsp3) is 0.750. The van der Waals surface area contributed by atoms with Crippen molar-refractivity contribution in [2.24, 2.45) is 7.05 Å². The Balaban J connectivity index is 2.24. The normalized spacial score (nSPS) is 22.2. The van der Waals surface area contributed by atoms with Gasteiger partial charge in [0.1, 0.15) is 0 Å². The van der Waals surface area contributed by atoms with Crippen molar-refractivity contribution >= 4 is 5.95 Å². The molecule has 2 rings (SSSR count). The van der Waals surface area contributed by atoms with E-state index in [4.69, 9.17) is 0 Å². The number of hydrogen-bond acceptors (Lipinski definition) is 4. The zero-order chi connectivity index (χ0) is 9.26. The van der Waals surface area contributed by atoms with Crippen LogP contribution in [-0.4, -0.2) is 28.4 Å². The highest BCUT2D eigenvalue weighted by Gasteiger charge is 2.21. The molecule has 0 amide bonds. The van der Waals surface area contributed by atoms with Crippen LogP contribution in [0.1, 0.15) is 24.7 Å². The molecule has 1 aliphatic rings. The molecule has 0 bridgehead atoms. The van der Waals surface area contributed by atoms with Gasteiger partial charge in [-0.05, 0) is 19.4 Å². The fourth-order valence-corrected chi connectivity index (χ4v) is 1.77. The molecule has 2 heterocycles. The molecule has 0 saturated carbocycles. The molecule has 1 aliphatic heterocycles. The average molecular weight is 181 g/mol. The van der Waals surface area contributed by atoms with E-state index in [1.165, 1.54) is 6.42 Å². The summed E-state index contributed by atoms with van der Waals surface area (Å²) in [5, 5.41) is 14.6. The summed E-state index contributed by atoms with van der Waals surface area (Å²) >= 11 is 0. The van der Waals surface area contributed by atoms with E-state index in [0.29, 0.717) is 6.04 Å². The summed E-state index contributed by atoms with van der Waals surface area (Å²) < 4.78 is 2.00. The number of nitrogens with zero attached hydrogens (tertiary/aromatic N) is 3. The monoisotopic (exact) mass is 181 g/mol. The summed E-state index contributed by atoms with van der Waals surface area (Å²) in [6.45, 7) is 1.09. The van der Waals surface area contributed by atoms with Crippen molar-refractivity contribution in [3.8, 4) is 0 Å². The van der Waals surface area contributed by atoms with Crippen molar-refractivity contribution in [3.05, 3.63) is 5.82 Å². The van der Waals surface area contributed by atoms with Gasteiger partial charge in [0.05, 0.1) is 6.04 Å². The van der Waals surface area contributed by atoms with Gasteiger partial charge in [-0.1, -0.05) is 0 Å². The Kier molecular flexibility index (Phi) is 2.18. The molecule has 2 N–H and O–H groups in total. The number of hydrogen-bond donors (Lipinski definition) is 2. The lowest BCUT2D eigenvalue weighted by Crippen LogP contribution is -2.17. The van der Waals surface area contributed by atoms with Crippen LogP contribution in [-0.2, 0) is 7.05 Å². The molecule has 5 nitrogen and oxygen atoms in total. The average Bonchev–Trinajstić information content (AvgIpc) is 2.72. The van der Waals surface area contributed by atoms with Gasteiger partial charge in [-0.25, -0.2) is 0 Å². The summed E-state index contributed by atoms with van der Waals surface area (Å²) in [6.07, 6.45) is 2.39. The Bertz CT molecular complexity index is 287. The molecule has 1 saturated heterocycles. The molecule has 0 spiro atoms. The topological polar surface area (TPSA) is 54.8 Å². The summed E-state index contributed by atoms with van der Waals surface area (Å²) in [7, 11) is 3.84. The Morgan fingerprint density at radius 3 is 2.92 bits per heavy atom. The molecule has 0 aromatic carbocycles. The number of anilines is 1. The van der Waals surface area contributed by atoms with Gasteiger partial charge in [-0.2, -0.15) is 0 Å². The lowest BCUT2D eigenvalue weighted by Gasteiger charge is -2.09. The quantitative estimate of drug-likeness (QED) is 0.688. The zero-order valence-corrected chi connectivity index (χ0v) is 8.04. The Morgan fingerprint density at radius 2 is 2.38 bits per heavy atom. The molecule has 5 heteroatoms. The third-order valence-corrected chi connectivity index (χ3v) is 2.50. The highest BCUT2D eigenvalue weighted by atomic mass is 15.3. The predicted octanol–water partition coefficient (Wildman–Crippen LogP) is 0.281. The molecule has 1 aromatic heterocycles. The lowest BCUT2D eigenvalue weighted by atomic mass is 10.2. The van der Waals surface area contributed by atoms with Crippen molar-refractivity contribution in [2.45, 2.75) is 18.9 Å². The molecule has 0 unspecified atom stereocenters. The third kappa shape index (κ3) is 1.39. The summed E-state index contributed by atoms with van der Waals surface area (Å²) in [5.74, 6) is 1.85. The highest BCUT2D eigenvalue weighted by molar-refractivity contribution is 5.24. The number of nitrogens with one attached hydrogen (secondary N) is 2. The first-order chi connectivity index (χ1) is 6.33. The second kappa shape index (κ2) is 3.33. The Labute approximate surface area is 77.5 Å². The van der Waals surface area contributed by atoms with E-state index in [1.54, 1.807) is 0 Å². The third-order valence-electron chi connectivity index (χ3n) is 2.50. The summed E-state index contributed by atoms with van der Waals surface area (Å²) in [6, 6.07) is 0.389. The molecular weight excluding hydrogens is 166 g/mol. The van der Waals surface area contributed by atoms with E-state index in [9.17, 15) is 0 Å². The first kappa shape index (κ1) is 8.50. The first-order valence-electron chi connectivity index (χ1n) is 4.63. The van der Waals surface area contributed by atoms with E-state index in [-0.39, 0.29) is 0 Å². The van der Waals surface area contributed by atoms with Gasteiger partial charge in [-0.3, -0.25) is 4.57 Å². The van der Waals surface area contributed by atoms with Crippen molar-refractivity contribution in [2.75, 3.05) is 18.9 Å². The number of aromatic nitrogens is 3. The van der Waals surface area contributed by atoms with Crippen molar-refractivity contribution < 1.29 is 0 Å². The summed E-state index contributed by atoms with van der Waals surface area (Å²) in [5.41, 5.74) is 0. The van der Waals surface area contributed by atoms with Gasteiger partial charge in [0, 0.05) is 14.1 Å². The van der Waals surface area contributed by atoms with E-state index in [1.807, 2.05) is 18.7 Å². The van der Waals surface area contributed by atoms with Crippen LogP contribution >= 0.6 is 0 Å². The van der Waals surface area contributed by atoms with Crippen LogP contribution < -0.4 is 10.6 Å². The van der Waals surface area contributed by atoms with Gasteiger partial charge >= 0.3 is 0 Å². The second-order valence-electron chi connectivity index (χ2n) is 3.34. The van der Waals surface area contributed by atoms with Crippen LogP contribution in [0.3, 0.4) is 0 Å². The van der Waals surface area contributed by atoms with E-state index < -0.39 is 0 Å². The maximum absolute atomic E-state index is 4.16. The Morgan fingerprint density at radius 1 is 1.54 bits per heavy atom. The molecule has 0 radical (unpaired) electrons. The van der Waals surface area contributed by atoms with Gasteiger partial charge in [0.2, 0.25) is 5.95 Å². The van der Waals surface area contributed by atoms with Crippen LogP contribution in [0.4, 0.5) is 5.95 Å². The van der Waals surface area contributed by atoms with Gasteiger partial charge in [-0.15, -0.1) is 10.2 Å². The van der Waals surface area contributed by atoms with Crippen LogP contribution in [0.2, 0.25) is 0 Å². The highest BCUT2D eigenvalue weighted by Crippen LogP contribution is 2.21. The van der Waals surface area contributed by atoms with Crippen LogP contribution in [0.15, 0.2) is 0 Å². The predicted molar refractivity (Wildman–Crippen MR) is 50.5 cm³/mol. The smallest absolute Gasteiger partial charge is 0.224 e. The molecule has 1 fully saturated rings. The zero-order valence-electron chi connectivity index (χ0n) is 8.04. The fourth-order valence-electron chi connectivity index (χ4n) is 1.77. The van der Waals surface area contributed by atoms with Crippen LogP contribution in [0.25, 0.3) is 0 Å². The van der Waals surface area contributed by atoms with Crippen LogP contribution in [0, 0.1) is 0 Å². The number of rotatable bonds is 2. The SMILES string of the molecule is CNc1nnc([C@@H]2CCCN2)n1C. The van der Waals surface area contributed by atoms with Crippen molar-refractivity contribution in [1.29, 1.82) is 0 Å². The van der Waals surface area contributed by atoms with Crippen molar-refractivity contribution in [3.63, 3.8) is 0 Å². The van der Waals surface area contributed by atoms with E-state index >= 15 is 0 Å². The van der Waals surface area contributed by atoms with Gasteiger partial charge in [0.25, 0.3) is 0 Å². The van der Waals surface area contributed by atoms with E-state index in [2.05, 4.69) is 20.8 Å². The standard InChI is InChI=1S/C8H15N5/c1-9-8-12-11-7(13(8)2)6-4-3-5-10-6/h6,10H,3-5H2,1-2H3,(H,9,12)/t6-/m0/s1. The largest absolute Gasteiger partial charge is 0.357 e. The minimum Gasteiger partial charge on any atom is -0.357 e. The van der Waals surface area contributed by atoms with Crippen LogP contribution in [0.5, 0.6) is 0 Å². The molecule has 0 aliphatic carbocycles. The van der Waals surface area contributed by atoms with Gasteiger partial charge in [0.15, 0.2) is 5.82 Å². The molecule has 13 heavy (non-hydrogen) atoms. The minimum absolute atomic E-state index is 0.389. The maximum Gasteiger partial charge on any atom is 0.224 e. The van der Waals surface area contributed by atoms with Crippen molar-refractivity contribution in [1.82, 2.24) is 20.1 Å². The molecular formula is C8H15N5. The second-order valence-corrected chi connectivity index (χ2v) is 3.34. The minimum atomic E-state index is 0.389. The Hall–Kier alpha value is -1.10. The lowest BCUT2D eigenvalue weighted by molar-refractivity contribution is 0.578. The molecule has 1 aromatic rings. The maximum atomic E-state index is 4.16. The first-order valence-corrected chi connectivity index (χ1v) is 4.63. The summed E-state index contributed by atoms with van der Waals surface area (Å²) in [4.78, 5) is 0. The van der Waals surface area contributed by atoms with Gasteiger partial charge < -0.3 is 10.6 Å².